The van der Waals surface area contributed by atoms with Crippen LogP contribution in [0.25, 0.3) is 0 Å². The first-order valence-electron chi connectivity index (χ1n) is 35.3. The number of allylic oxidation sites excluding steroid dienone is 3. The summed E-state index contributed by atoms with van der Waals surface area (Å²) < 4.78 is 48.2. The van der Waals surface area contributed by atoms with E-state index >= 15 is 0 Å². The van der Waals surface area contributed by atoms with Gasteiger partial charge in [0.15, 0.2) is 0 Å². The van der Waals surface area contributed by atoms with E-state index in [0.29, 0.717) is 37.7 Å². The van der Waals surface area contributed by atoms with Crippen molar-refractivity contribution in [1.82, 2.24) is 0 Å². The van der Waals surface area contributed by atoms with Crippen molar-refractivity contribution in [3.63, 3.8) is 0 Å². The van der Waals surface area contributed by atoms with Crippen LogP contribution in [0.15, 0.2) is 48.6 Å². The molecular formula is C69H126O27S. The number of hydrogen-bond acceptors (Lipinski definition) is 26. The molecule has 570 valence electrons. The van der Waals surface area contributed by atoms with E-state index in [0.717, 1.165) is 38.5 Å². The first-order chi connectivity index (χ1) is 45.6. The van der Waals surface area contributed by atoms with Gasteiger partial charge in [0.25, 0.3) is 0 Å². The molecule has 26 atom stereocenters. The summed E-state index contributed by atoms with van der Waals surface area (Å²) in [5.74, 6) is -1.41. The smallest absolute Gasteiger partial charge is 0.394 e. The third kappa shape index (κ3) is 36.6. The highest BCUT2D eigenvalue weighted by Crippen LogP contribution is 2.33. The van der Waals surface area contributed by atoms with Gasteiger partial charge in [-0.3, -0.25) is 9.35 Å². The van der Waals surface area contributed by atoms with Gasteiger partial charge in [-0.05, 0) is 133 Å². The molecular weight excluding hydrogens is 1290 g/mol. The summed E-state index contributed by atoms with van der Waals surface area (Å²) in [5.41, 5.74) is 0.454. The quantitative estimate of drug-likeness (QED) is 0.0232. The molecule has 2 saturated heterocycles. The predicted octanol–water partition coefficient (Wildman–Crippen LogP) is 1.35. The molecule has 0 bridgehead atoms. The molecule has 97 heavy (non-hydrogen) atoms. The van der Waals surface area contributed by atoms with Crippen LogP contribution in [-0.2, 0) is 28.9 Å². The second kappa shape index (κ2) is 48.5. The average molecular weight is 1420 g/mol. The van der Waals surface area contributed by atoms with Crippen LogP contribution in [0.1, 0.15) is 213 Å². The summed E-state index contributed by atoms with van der Waals surface area (Å²) in [6.45, 7) is 12.1. The van der Waals surface area contributed by atoms with Crippen LogP contribution in [0.3, 0.4) is 0 Å². The Hall–Kier alpha value is -2.38. The SMILES string of the molecule is C=CCCCCCCCCCC/C=C/[C@H](O)[C@H](O)[C@@H]1O[C@@H]([C@H](O)[C@H](O)C(=C)CC[C@@H](O)[C@H]2C[C@@H](O)[C@@H](O)[C@H]([C@@H](O)[C@H](O)/C=C(\C)CCC(O)CC(O)C(O)C(C)CC(O)C(O)CC(C)CCC(O)CC(=O)CC(O)CCCC(CCCCC(O)CO)OS(=O)(=O)O)O2)C[C@@H](O)[C@H]1O. The van der Waals surface area contributed by atoms with Crippen molar-refractivity contribution in [2.45, 2.75) is 360 Å². The van der Waals surface area contributed by atoms with Gasteiger partial charge in [0.1, 0.15) is 66.8 Å². The fraction of sp³-hybridized carbons (Fsp3) is 0.870. The molecule has 2 aliphatic heterocycles. The van der Waals surface area contributed by atoms with Gasteiger partial charge in [-0.2, -0.15) is 8.42 Å². The van der Waals surface area contributed by atoms with E-state index in [1.54, 1.807) is 26.8 Å². The van der Waals surface area contributed by atoms with Gasteiger partial charge in [-0.25, -0.2) is 4.18 Å². The summed E-state index contributed by atoms with van der Waals surface area (Å²) in [6.07, 6.45) is -16.7. The van der Waals surface area contributed by atoms with Crippen molar-refractivity contribution >= 4 is 16.2 Å². The Morgan fingerprint density at radius 1 is 0.567 bits per heavy atom. The first kappa shape index (κ1) is 90.7. The molecule has 0 aromatic carbocycles. The zero-order valence-corrected chi connectivity index (χ0v) is 58.2. The number of aliphatic hydroxyl groups excluding tert-OH is 20. The summed E-state index contributed by atoms with van der Waals surface area (Å²) in [7, 11) is -4.75. The number of carbonyl (C=O) groups excluding carboxylic acids is 1. The summed E-state index contributed by atoms with van der Waals surface area (Å²) in [5, 5.41) is 214. The third-order valence-electron chi connectivity index (χ3n) is 18.9. The van der Waals surface area contributed by atoms with E-state index in [9.17, 15) is 110 Å². The zero-order chi connectivity index (χ0) is 73.1. The predicted molar refractivity (Wildman–Crippen MR) is 359 cm³/mol. The van der Waals surface area contributed by atoms with Crippen LogP contribution < -0.4 is 0 Å². The van der Waals surface area contributed by atoms with Crippen molar-refractivity contribution in [3.8, 4) is 0 Å². The van der Waals surface area contributed by atoms with E-state index in [4.69, 9.17) is 23.3 Å². The lowest BCUT2D eigenvalue weighted by molar-refractivity contribution is -0.234. The van der Waals surface area contributed by atoms with Crippen molar-refractivity contribution in [3.05, 3.63) is 48.6 Å². The average Bonchev–Trinajstić information content (AvgIpc) is 0.891. The molecule has 0 spiro atoms. The molecule has 0 saturated carbocycles. The number of carbonyl (C=O) groups is 1. The van der Waals surface area contributed by atoms with Crippen molar-refractivity contribution < 1.29 is 134 Å². The minimum absolute atomic E-state index is 0.00416. The Morgan fingerprint density at radius 2 is 1.08 bits per heavy atom. The second-order valence-electron chi connectivity index (χ2n) is 27.9. The van der Waals surface area contributed by atoms with Gasteiger partial charge < -0.3 is 112 Å². The second-order valence-corrected chi connectivity index (χ2v) is 28.9. The third-order valence-corrected chi connectivity index (χ3v) is 19.4. The van der Waals surface area contributed by atoms with E-state index in [1.807, 2.05) is 6.08 Å². The fourth-order valence-corrected chi connectivity index (χ4v) is 13.2. The zero-order valence-electron chi connectivity index (χ0n) is 57.4. The normalized spacial score (nSPS) is 26.3. The lowest BCUT2D eigenvalue weighted by Gasteiger charge is -2.42. The maximum atomic E-state index is 12.6. The summed E-state index contributed by atoms with van der Waals surface area (Å²) in [6, 6.07) is 0. The first-order valence-corrected chi connectivity index (χ1v) is 36.6. The largest absolute Gasteiger partial charge is 0.397 e. The van der Waals surface area contributed by atoms with Gasteiger partial charge >= 0.3 is 10.4 Å². The Kier molecular flexibility index (Phi) is 45.4. The highest BCUT2D eigenvalue weighted by atomic mass is 32.3. The Morgan fingerprint density at radius 3 is 1.67 bits per heavy atom. The number of ether oxygens (including phenoxy) is 2. The van der Waals surface area contributed by atoms with Gasteiger partial charge in [0, 0.05) is 32.1 Å². The van der Waals surface area contributed by atoms with Crippen LogP contribution in [0, 0.1) is 11.8 Å². The van der Waals surface area contributed by atoms with E-state index < -0.39 is 175 Å². The molecule has 27 nitrogen and oxygen atoms in total. The molecule has 0 amide bonds. The number of Topliss-reactive ketones (excluding diaryl/α,β-unsaturated/α-hetero) is 1. The van der Waals surface area contributed by atoms with Crippen LogP contribution in [0.2, 0.25) is 0 Å². The fourth-order valence-electron chi connectivity index (χ4n) is 12.6. The van der Waals surface area contributed by atoms with Crippen LogP contribution in [0.4, 0.5) is 0 Å². The maximum absolute atomic E-state index is 12.6. The van der Waals surface area contributed by atoms with Gasteiger partial charge in [-0.1, -0.05) is 102 Å². The van der Waals surface area contributed by atoms with Crippen LogP contribution in [-0.4, -0.2) is 274 Å². The Labute approximate surface area is 574 Å². The molecule has 0 aliphatic carbocycles. The van der Waals surface area contributed by atoms with Crippen molar-refractivity contribution in [1.29, 1.82) is 0 Å². The number of ketones is 1. The highest BCUT2D eigenvalue weighted by molar-refractivity contribution is 7.80. The summed E-state index contributed by atoms with van der Waals surface area (Å²) in [4.78, 5) is 12.6. The number of hydrogen-bond donors (Lipinski definition) is 21. The number of unbranched alkanes of at least 4 members (excludes halogenated alkanes) is 10. The molecule has 0 radical (unpaired) electrons. The van der Waals surface area contributed by atoms with Gasteiger partial charge in [-0.15, -0.1) is 6.58 Å². The van der Waals surface area contributed by atoms with Crippen molar-refractivity contribution in [2.75, 3.05) is 6.61 Å². The Balaban J connectivity index is 1.79. The number of aliphatic hydroxyl groups is 20. The van der Waals surface area contributed by atoms with Gasteiger partial charge in [0.05, 0.1) is 92.1 Å². The lowest BCUT2D eigenvalue weighted by Crippen LogP contribution is -2.59. The molecule has 2 heterocycles. The van der Waals surface area contributed by atoms with E-state index in [-0.39, 0.29) is 114 Å². The van der Waals surface area contributed by atoms with Crippen molar-refractivity contribution in [2.24, 2.45) is 11.8 Å². The minimum Gasteiger partial charge on any atom is -0.394 e. The molecule has 0 aromatic heterocycles. The molecule has 2 fully saturated rings. The molecule has 2 rings (SSSR count). The molecule has 11 unspecified atom stereocenters. The molecule has 28 heteroatoms. The van der Waals surface area contributed by atoms with Crippen LogP contribution in [0.5, 0.6) is 0 Å². The minimum atomic E-state index is -4.75. The number of rotatable bonds is 55. The molecule has 21 N–H and O–H groups in total. The lowest BCUT2D eigenvalue weighted by atomic mass is 9.86. The van der Waals surface area contributed by atoms with Crippen LogP contribution >= 0.6 is 0 Å². The molecule has 0 aromatic rings. The van der Waals surface area contributed by atoms with Gasteiger partial charge in [0.2, 0.25) is 0 Å². The Bertz CT molecular complexity index is 2300. The topological polar surface area (TPSA) is 504 Å². The van der Waals surface area contributed by atoms with E-state index in [1.165, 1.54) is 31.4 Å². The summed E-state index contributed by atoms with van der Waals surface area (Å²) >= 11 is 0. The van der Waals surface area contributed by atoms with E-state index in [2.05, 4.69) is 13.2 Å². The molecule has 2 aliphatic rings. The highest BCUT2D eigenvalue weighted by Gasteiger charge is 2.47. The standard InChI is InChI=1S/C69H126O27S/c1-6-7-8-9-10-11-12-13-14-15-16-17-25-52(77)63(86)68-66(89)58(83)39-60(95-68)67(90)62(85)43(4)28-31-51(76)59-38-57(82)65(88)69(94-59)64(87)55(80)33-42(3)27-30-47(73)37-56(81)61(84)44(5)34-54(79)53(78)32-41(2)26-29-46(72)36-49(75)35-45(71)22-20-24-50(96-97(91,92)93)23-19-18-21-48(74)40-70/h6,17,25,33,41,44-48,50-74,76-90H,1,4,7-16,18-24,26-32,34-40H2,2-3,5H3,(H,91,92,93)/b25-17+,42-33+/t41?,44?,45?,46?,47?,48?,50?,51-,52+,53?,54?,55-,56?,57-,58-,59-,60-,61?,62-,63+,64+,65-,66-,67+,68+,69+/m1/s1. The monoisotopic (exact) mass is 1420 g/mol. The maximum Gasteiger partial charge on any atom is 0.397 e.